The predicted octanol–water partition coefficient (Wildman–Crippen LogP) is 4.99. The fourth-order valence-corrected chi connectivity index (χ4v) is 1.58. The molecule has 1 unspecified atom stereocenters. The Bertz CT molecular complexity index is 86.0. The first-order valence-corrected chi connectivity index (χ1v) is 6.10. The fourth-order valence-electron chi connectivity index (χ4n) is 1.58. The maximum atomic E-state index is 3.85. The van der Waals surface area contributed by atoms with Gasteiger partial charge in [0.1, 0.15) is 0 Å². The van der Waals surface area contributed by atoms with Gasteiger partial charge in [-0.25, -0.2) is 0 Å². The smallest absolute Gasteiger partial charge is 0.0445 e. The first-order valence-electron chi connectivity index (χ1n) is 6.10. The van der Waals surface area contributed by atoms with E-state index in [4.69, 9.17) is 0 Å². The normalized spacial score (nSPS) is 13.2. The third kappa shape index (κ3) is 9.92. The summed E-state index contributed by atoms with van der Waals surface area (Å²) in [4.78, 5) is 0. The summed E-state index contributed by atoms with van der Waals surface area (Å²) in [7, 11) is 0. The van der Waals surface area contributed by atoms with E-state index in [0.29, 0.717) is 0 Å². The van der Waals surface area contributed by atoms with Crippen LogP contribution in [0.4, 0.5) is 0 Å². The Labute approximate surface area is 85.1 Å². The van der Waals surface area contributed by atoms with E-state index in [1.807, 2.05) is 0 Å². The largest absolute Gasteiger partial charge is 0.0651 e. The lowest BCUT2D eigenvalue weighted by Gasteiger charge is -2.07. The molecule has 0 amide bonds. The molecule has 0 heterocycles. The van der Waals surface area contributed by atoms with Gasteiger partial charge in [-0.3, -0.25) is 0 Å². The van der Waals surface area contributed by atoms with Crippen molar-refractivity contribution in [3.8, 4) is 0 Å². The average Bonchev–Trinajstić information content (AvgIpc) is 2.16. The molecule has 79 valence electrons. The molecule has 0 fully saturated rings. The minimum Gasteiger partial charge on any atom is -0.0651 e. The topological polar surface area (TPSA) is 0 Å². The van der Waals surface area contributed by atoms with Gasteiger partial charge < -0.3 is 0 Å². The van der Waals surface area contributed by atoms with Crippen LogP contribution in [0.3, 0.4) is 0 Å². The summed E-state index contributed by atoms with van der Waals surface area (Å²) in [5, 5.41) is 0. The second-order valence-electron chi connectivity index (χ2n) is 4.28. The molecule has 0 saturated carbocycles. The van der Waals surface area contributed by atoms with E-state index >= 15 is 0 Å². The molecule has 0 aromatic heterocycles. The van der Waals surface area contributed by atoms with Crippen molar-refractivity contribution in [1.29, 1.82) is 0 Å². The van der Waals surface area contributed by atoms with Crippen LogP contribution < -0.4 is 0 Å². The molecule has 13 heavy (non-hydrogen) atoms. The lowest BCUT2D eigenvalue weighted by Crippen LogP contribution is -1.91. The maximum absolute atomic E-state index is 3.85. The highest BCUT2D eigenvalue weighted by molar-refractivity contribution is 4.52. The van der Waals surface area contributed by atoms with E-state index in [-0.39, 0.29) is 0 Å². The van der Waals surface area contributed by atoms with Gasteiger partial charge in [0, 0.05) is 0 Å². The van der Waals surface area contributed by atoms with E-state index in [2.05, 4.69) is 20.8 Å². The molecule has 1 atom stereocenters. The second-order valence-corrected chi connectivity index (χ2v) is 4.28. The first-order chi connectivity index (χ1) is 6.31. The minimum absolute atomic E-state index is 0.944. The Morgan fingerprint density at radius 3 is 2.00 bits per heavy atom. The van der Waals surface area contributed by atoms with E-state index in [9.17, 15) is 0 Å². The van der Waals surface area contributed by atoms with Gasteiger partial charge in [0.2, 0.25) is 0 Å². The summed E-state index contributed by atoms with van der Waals surface area (Å²) in [6.07, 6.45) is 12.4. The molecule has 0 aliphatic heterocycles. The monoisotopic (exact) mass is 183 g/mol. The first kappa shape index (κ1) is 13.0. The van der Waals surface area contributed by atoms with Gasteiger partial charge in [-0.2, -0.15) is 0 Å². The van der Waals surface area contributed by atoms with Crippen LogP contribution >= 0.6 is 0 Å². The van der Waals surface area contributed by atoms with Gasteiger partial charge >= 0.3 is 0 Å². The molecule has 0 saturated heterocycles. The van der Waals surface area contributed by atoms with Crippen LogP contribution in [0.25, 0.3) is 0 Å². The number of unbranched alkanes of at least 4 members (excludes halogenated alkanes) is 6. The zero-order chi connectivity index (χ0) is 9.94. The number of hydrogen-bond donors (Lipinski definition) is 0. The van der Waals surface area contributed by atoms with Crippen LogP contribution in [0.15, 0.2) is 0 Å². The summed E-state index contributed by atoms with van der Waals surface area (Å²) >= 11 is 0. The highest BCUT2D eigenvalue weighted by Crippen LogP contribution is 2.14. The van der Waals surface area contributed by atoms with Crippen LogP contribution in [0.5, 0.6) is 0 Å². The molecule has 0 N–H and O–H groups in total. The van der Waals surface area contributed by atoms with Gasteiger partial charge in [-0.1, -0.05) is 78.6 Å². The Balaban J connectivity index is 2.91. The molecule has 0 nitrogen and oxygen atoms in total. The summed E-state index contributed by atoms with van der Waals surface area (Å²) in [6.45, 7) is 8.51. The molecule has 0 aliphatic rings. The van der Waals surface area contributed by atoms with Gasteiger partial charge in [0.15, 0.2) is 0 Å². The van der Waals surface area contributed by atoms with Crippen molar-refractivity contribution >= 4 is 0 Å². The molecule has 0 heteroatoms. The summed E-state index contributed by atoms with van der Waals surface area (Å²) in [5.41, 5.74) is 0. The summed E-state index contributed by atoms with van der Waals surface area (Å²) in [6, 6.07) is 0. The molecule has 0 aliphatic carbocycles. The number of rotatable bonds is 9. The molecular formula is C13H27. The lowest BCUT2D eigenvalue weighted by atomic mass is 10.00. The van der Waals surface area contributed by atoms with E-state index in [1.165, 1.54) is 51.4 Å². The highest BCUT2D eigenvalue weighted by Gasteiger charge is 1.97. The van der Waals surface area contributed by atoms with Gasteiger partial charge in [-0.15, -0.1) is 0 Å². The predicted molar refractivity (Wildman–Crippen MR) is 61.7 cm³/mol. The molecule has 0 rings (SSSR count). The second kappa shape index (κ2) is 10.1. The average molecular weight is 183 g/mol. The van der Waals surface area contributed by atoms with Crippen LogP contribution in [-0.2, 0) is 0 Å². The molecule has 1 radical (unpaired) electrons. The fraction of sp³-hybridized carbons (Fsp3) is 0.923. The Morgan fingerprint density at radius 2 is 1.46 bits per heavy atom. The van der Waals surface area contributed by atoms with Crippen LogP contribution in [0.1, 0.15) is 71.6 Å². The van der Waals surface area contributed by atoms with Crippen molar-refractivity contribution < 1.29 is 0 Å². The van der Waals surface area contributed by atoms with E-state index in [1.54, 1.807) is 0 Å². The number of hydrogen-bond acceptors (Lipinski definition) is 0. The molecule has 0 bridgehead atoms. The van der Waals surface area contributed by atoms with E-state index in [0.717, 1.165) is 12.3 Å². The lowest BCUT2D eigenvalue weighted by molar-refractivity contribution is 0.471. The Kier molecular flexibility index (Phi) is 10.1. The molecule has 0 aromatic carbocycles. The van der Waals surface area contributed by atoms with Crippen molar-refractivity contribution in [3.05, 3.63) is 6.92 Å². The van der Waals surface area contributed by atoms with Gasteiger partial charge in [-0.05, 0) is 5.92 Å². The van der Waals surface area contributed by atoms with Crippen LogP contribution in [0.2, 0.25) is 0 Å². The SMILES string of the molecule is [CH2]CCCCCCCCC(C)CC. The third-order valence-electron chi connectivity index (χ3n) is 2.89. The highest BCUT2D eigenvalue weighted by atomic mass is 14.0. The quantitative estimate of drug-likeness (QED) is 0.442. The van der Waals surface area contributed by atoms with Crippen molar-refractivity contribution in [1.82, 2.24) is 0 Å². The van der Waals surface area contributed by atoms with Crippen LogP contribution in [0, 0.1) is 12.8 Å². The van der Waals surface area contributed by atoms with Gasteiger partial charge in [0.05, 0.1) is 0 Å². The standard InChI is InChI=1S/C13H27/c1-4-6-7-8-9-10-11-12-13(3)5-2/h13H,1,4-12H2,2-3H3. The Hall–Kier alpha value is 0. The molecule has 0 aromatic rings. The summed E-state index contributed by atoms with van der Waals surface area (Å²) in [5.74, 6) is 0.944. The maximum Gasteiger partial charge on any atom is -0.0445 e. The van der Waals surface area contributed by atoms with Crippen molar-refractivity contribution in [2.45, 2.75) is 71.6 Å². The zero-order valence-corrected chi connectivity index (χ0v) is 9.65. The van der Waals surface area contributed by atoms with E-state index < -0.39 is 0 Å². The van der Waals surface area contributed by atoms with Crippen molar-refractivity contribution in [2.24, 2.45) is 5.92 Å². The third-order valence-corrected chi connectivity index (χ3v) is 2.89. The van der Waals surface area contributed by atoms with Crippen molar-refractivity contribution in [3.63, 3.8) is 0 Å². The molecular weight excluding hydrogens is 156 g/mol. The minimum atomic E-state index is 0.944. The summed E-state index contributed by atoms with van der Waals surface area (Å²) < 4.78 is 0. The molecule has 0 spiro atoms. The zero-order valence-electron chi connectivity index (χ0n) is 9.65. The Morgan fingerprint density at radius 1 is 0.923 bits per heavy atom. The van der Waals surface area contributed by atoms with Crippen molar-refractivity contribution in [2.75, 3.05) is 0 Å². The van der Waals surface area contributed by atoms with Gasteiger partial charge in [0.25, 0.3) is 0 Å². The van der Waals surface area contributed by atoms with Crippen LogP contribution in [-0.4, -0.2) is 0 Å².